The normalized spacial score (nSPS) is 16.4. The lowest BCUT2D eigenvalue weighted by atomic mass is 9.98. The molecule has 0 aliphatic heterocycles. The minimum atomic E-state index is -0.978. The highest BCUT2D eigenvalue weighted by Gasteiger charge is 2.32. The summed E-state index contributed by atoms with van der Waals surface area (Å²) in [6.07, 6.45) is 1.94. The van der Waals surface area contributed by atoms with Gasteiger partial charge in [-0.3, -0.25) is 9.59 Å². The number of ether oxygens (including phenoxy) is 1. The fourth-order valence-electron chi connectivity index (χ4n) is 4.16. The third kappa shape index (κ3) is 4.93. The average molecular weight is 437 g/mol. The van der Waals surface area contributed by atoms with E-state index in [1.807, 2.05) is 36.4 Å². The van der Waals surface area contributed by atoms with Gasteiger partial charge in [-0.15, -0.1) is 0 Å². The smallest absolute Gasteiger partial charge is 0.407 e. The van der Waals surface area contributed by atoms with Crippen molar-refractivity contribution < 1.29 is 24.2 Å². The van der Waals surface area contributed by atoms with Crippen molar-refractivity contribution in [3.8, 4) is 11.1 Å². The molecule has 168 valence electrons. The summed E-state index contributed by atoms with van der Waals surface area (Å²) in [5.41, 5.74) is 4.54. The molecule has 0 bridgehead atoms. The Morgan fingerprint density at radius 3 is 2.19 bits per heavy atom. The molecule has 2 aliphatic rings. The Bertz CT molecular complexity index is 971. The van der Waals surface area contributed by atoms with E-state index >= 15 is 0 Å². The van der Waals surface area contributed by atoms with Crippen LogP contribution in [0.1, 0.15) is 43.2 Å². The van der Waals surface area contributed by atoms with Crippen LogP contribution in [0.15, 0.2) is 48.5 Å². The van der Waals surface area contributed by atoms with E-state index in [4.69, 9.17) is 9.84 Å². The van der Waals surface area contributed by atoms with Gasteiger partial charge in [-0.1, -0.05) is 68.3 Å². The molecule has 0 radical (unpaired) electrons. The van der Waals surface area contributed by atoms with Crippen molar-refractivity contribution in [3.63, 3.8) is 0 Å². The Kier molecular flexibility index (Phi) is 6.44. The standard InChI is InChI=1S/C25H28N2O5/c1-15(24(29)30)13-26-23(28)22(12-16-10-11-16)27-25(31)32-14-21-19-8-4-2-6-17(19)18-7-3-5-9-20(18)21/h2-9,15-16,21-22H,10-14H2,1H3,(H,26,28)(H,27,31)(H,29,30)/t15?,22-/m0/s1. The van der Waals surface area contributed by atoms with Crippen LogP contribution in [0.4, 0.5) is 4.79 Å². The van der Waals surface area contributed by atoms with Gasteiger partial charge in [-0.05, 0) is 34.6 Å². The maximum atomic E-state index is 12.6. The third-order valence-corrected chi connectivity index (χ3v) is 6.22. The third-order valence-electron chi connectivity index (χ3n) is 6.22. The van der Waals surface area contributed by atoms with Gasteiger partial charge in [0.25, 0.3) is 0 Å². The maximum absolute atomic E-state index is 12.6. The molecule has 2 amide bonds. The van der Waals surface area contributed by atoms with Gasteiger partial charge in [0.2, 0.25) is 5.91 Å². The molecule has 3 N–H and O–H groups in total. The molecule has 32 heavy (non-hydrogen) atoms. The minimum Gasteiger partial charge on any atom is -0.481 e. The summed E-state index contributed by atoms with van der Waals surface area (Å²) in [4.78, 5) is 36.2. The van der Waals surface area contributed by atoms with Crippen molar-refractivity contribution in [3.05, 3.63) is 59.7 Å². The highest BCUT2D eigenvalue weighted by molar-refractivity contribution is 5.86. The predicted molar refractivity (Wildman–Crippen MR) is 119 cm³/mol. The number of carbonyl (C=O) groups is 3. The zero-order valence-corrected chi connectivity index (χ0v) is 18.0. The van der Waals surface area contributed by atoms with Crippen LogP contribution in [0.2, 0.25) is 0 Å². The Hall–Kier alpha value is -3.35. The second-order valence-electron chi connectivity index (χ2n) is 8.69. The van der Waals surface area contributed by atoms with Gasteiger partial charge >= 0.3 is 12.1 Å². The summed E-state index contributed by atoms with van der Waals surface area (Å²) < 4.78 is 5.56. The molecule has 7 nitrogen and oxygen atoms in total. The first-order valence-corrected chi connectivity index (χ1v) is 11.1. The first-order valence-electron chi connectivity index (χ1n) is 11.1. The van der Waals surface area contributed by atoms with E-state index in [0.717, 1.165) is 35.1 Å². The average Bonchev–Trinajstić information content (AvgIpc) is 3.56. The SMILES string of the molecule is CC(CNC(=O)[C@H](CC1CC1)NC(=O)OCC1c2ccccc2-c2ccccc21)C(=O)O. The van der Waals surface area contributed by atoms with Gasteiger partial charge in [0, 0.05) is 12.5 Å². The van der Waals surface area contributed by atoms with E-state index in [0.29, 0.717) is 12.3 Å². The van der Waals surface area contributed by atoms with Crippen LogP contribution in [0, 0.1) is 11.8 Å². The highest BCUT2D eigenvalue weighted by Crippen LogP contribution is 2.44. The second kappa shape index (κ2) is 9.42. The molecular weight excluding hydrogens is 408 g/mol. The molecule has 2 atom stereocenters. The fraction of sp³-hybridized carbons (Fsp3) is 0.400. The fourth-order valence-corrected chi connectivity index (χ4v) is 4.16. The number of benzene rings is 2. The lowest BCUT2D eigenvalue weighted by Gasteiger charge is -2.20. The number of nitrogens with one attached hydrogen (secondary N) is 2. The quantitative estimate of drug-likeness (QED) is 0.558. The first-order chi connectivity index (χ1) is 15.4. The van der Waals surface area contributed by atoms with Gasteiger partial charge in [-0.2, -0.15) is 0 Å². The summed E-state index contributed by atoms with van der Waals surface area (Å²) >= 11 is 0. The molecule has 7 heteroatoms. The van der Waals surface area contributed by atoms with Gasteiger partial charge < -0.3 is 20.5 Å². The molecule has 1 saturated carbocycles. The number of alkyl carbamates (subject to hydrolysis) is 1. The van der Waals surface area contributed by atoms with Crippen molar-refractivity contribution in [1.82, 2.24) is 10.6 Å². The van der Waals surface area contributed by atoms with E-state index in [1.165, 1.54) is 6.92 Å². The summed E-state index contributed by atoms with van der Waals surface area (Å²) in [6, 6.07) is 15.5. The number of carbonyl (C=O) groups excluding carboxylic acids is 2. The van der Waals surface area contributed by atoms with Gasteiger partial charge in [0.05, 0.1) is 5.92 Å². The topological polar surface area (TPSA) is 105 Å². The first kappa shape index (κ1) is 21.9. The van der Waals surface area contributed by atoms with E-state index in [1.54, 1.807) is 0 Å². The van der Waals surface area contributed by atoms with Crippen LogP contribution >= 0.6 is 0 Å². The van der Waals surface area contributed by atoms with Gasteiger partial charge in [0.1, 0.15) is 12.6 Å². The van der Waals surface area contributed by atoms with Crippen molar-refractivity contribution in [2.75, 3.05) is 13.2 Å². The number of rotatable bonds is 9. The Morgan fingerprint density at radius 1 is 1.03 bits per heavy atom. The summed E-state index contributed by atoms with van der Waals surface area (Å²) in [5.74, 6) is -1.71. The molecular formula is C25H28N2O5. The zero-order chi connectivity index (χ0) is 22.7. The Labute approximate surface area is 187 Å². The number of hydrogen-bond acceptors (Lipinski definition) is 4. The predicted octanol–water partition coefficient (Wildman–Crippen LogP) is 3.53. The van der Waals surface area contributed by atoms with Crippen LogP contribution in [0.5, 0.6) is 0 Å². The van der Waals surface area contributed by atoms with Crippen molar-refractivity contribution in [1.29, 1.82) is 0 Å². The van der Waals surface area contributed by atoms with Gasteiger partial charge in [0.15, 0.2) is 0 Å². The molecule has 0 aromatic heterocycles. The number of aliphatic carboxylic acids is 1. The van der Waals surface area contributed by atoms with Crippen molar-refractivity contribution >= 4 is 18.0 Å². The molecule has 2 aliphatic carbocycles. The van der Waals surface area contributed by atoms with Crippen LogP contribution in [-0.4, -0.2) is 42.3 Å². The molecule has 2 aromatic rings. The lowest BCUT2D eigenvalue weighted by molar-refractivity contribution is -0.141. The van der Waals surface area contributed by atoms with E-state index in [2.05, 4.69) is 22.8 Å². The van der Waals surface area contributed by atoms with E-state index < -0.39 is 24.0 Å². The molecule has 1 fully saturated rings. The number of hydrogen-bond donors (Lipinski definition) is 3. The summed E-state index contributed by atoms with van der Waals surface area (Å²) in [7, 11) is 0. The minimum absolute atomic E-state index is 0.0156. The van der Waals surface area contributed by atoms with E-state index in [9.17, 15) is 14.4 Å². The molecule has 4 rings (SSSR count). The van der Waals surface area contributed by atoms with Crippen LogP contribution in [0.25, 0.3) is 11.1 Å². The number of fused-ring (bicyclic) bond motifs is 3. The second-order valence-corrected chi connectivity index (χ2v) is 8.69. The van der Waals surface area contributed by atoms with Crippen LogP contribution < -0.4 is 10.6 Å². The molecule has 0 saturated heterocycles. The molecule has 0 heterocycles. The molecule has 0 spiro atoms. The largest absolute Gasteiger partial charge is 0.481 e. The summed E-state index contributed by atoms with van der Waals surface area (Å²) in [6.45, 7) is 1.72. The number of carboxylic acid groups (broad SMARTS) is 1. The van der Waals surface area contributed by atoms with Gasteiger partial charge in [-0.25, -0.2) is 4.79 Å². The lowest BCUT2D eigenvalue weighted by Crippen LogP contribution is -2.48. The number of amides is 2. The number of carboxylic acids is 1. The molecule has 2 aromatic carbocycles. The summed E-state index contributed by atoms with van der Waals surface area (Å²) in [5, 5.41) is 14.3. The maximum Gasteiger partial charge on any atom is 0.407 e. The van der Waals surface area contributed by atoms with Crippen LogP contribution in [0.3, 0.4) is 0 Å². The van der Waals surface area contributed by atoms with Crippen molar-refractivity contribution in [2.45, 2.75) is 38.1 Å². The monoisotopic (exact) mass is 436 g/mol. The Morgan fingerprint density at radius 2 is 1.62 bits per heavy atom. The van der Waals surface area contributed by atoms with Crippen molar-refractivity contribution in [2.24, 2.45) is 11.8 Å². The molecule has 1 unspecified atom stereocenters. The zero-order valence-electron chi connectivity index (χ0n) is 18.0. The highest BCUT2D eigenvalue weighted by atomic mass is 16.5. The van der Waals surface area contributed by atoms with Crippen LogP contribution in [-0.2, 0) is 14.3 Å². The Balaban J connectivity index is 1.37. The van der Waals surface area contributed by atoms with E-state index in [-0.39, 0.29) is 25.0 Å².